The Kier molecular flexibility index (Phi) is 13.2. The Labute approximate surface area is 127 Å². The molecule has 1 heterocycles. The highest BCUT2D eigenvalue weighted by molar-refractivity contribution is 5.75. The maximum Gasteiger partial charge on any atom is 0.231 e. The second kappa shape index (κ2) is 13.9. The fourth-order valence-corrected chi connectivity index (χ4v) is 2.09. The van der Waals surface area contributed by atoms with Crippen LogP contribution >= 0.6 is 0 Å². The van der Waals surface area contributed by atoms with Crippen LogP contribution in [0.4, 0.5) is 0 Å². The Morgan fingerprint density at radius 2 is 1.43 bits per heavy atom. The molecule has 1 aliphatic rings. The summed E-state index contributed by atoms with van der Waals surface area (Å²) in [5.74, 6) is -0.288. The molecule has 124 valence electrons. The van der Waals surface area contributed by atoms with Gasteiger partial charge in [-0.05, 0) is 7.05 Å². The van der Waals surface area contributed by atoms with Crippen molar-refractivity contribution in [2.24, 2.45) is 11.5 Å². The van der Waals surface area contributed by atoms with Gasteiger partial charge in [-0.15, -0.1) is 0 Å². The van der Waals surface area contributed by atoms with Crippen molar-refractivity contribution in [3.63, 3.8) is 0 Å². The fraction of sp³-hybridized carbons (Fsp3) is 0.846. The van der Waals surface area contributed by atoms with E-state index >= 15 is 0 Å². The smallest absolute Gasteiger partial charge is 0.231 e. The Morgan fingerprint density at radius 3 is 1.81 bits per heavy atom. The summed E-state index contributed by atoms with van der Waals surface area (Å²) in [5, 5.41) is 6.65. The average molecular weight is 302 g/mol. The van der Waals surface area contributed by atoms with Crippen LogP contribution in [0.15, 0.2) is 0 Å². The van der Waals surface area contributed by atoms with Gasteiger partial charge in [0.15, 0.2) is 0 Å². The standard InChI is InChI=1S/C12H25N5O2.CH5N/c13-12(19)11-17-7-3-14-1-5-16(9-10-18)6-2-15-4-8-17;1-2/h10,14-15H,1-9,11H2,(H2,13,19);2H2,1H3. The number of nitrogens with one attached hydrogen (secondary N) is 2. The van der Waals surface area contributed by atoms with Gasteiger partial charge in [-0.25, -0.2) is 0 Å². The highest BCUT2D eigenvalue weighted by Crippen LogP contribution is 1.89. The maximum absolute atomic E-state index is 11.0. The summed E-state index contributed by atoms with van der Waals surface area (Å²) in [6.45, 7) is 7.45. The summed E-state index contributed by atoms with van der Waals surface area (Å²) in [7, 11) is 1.50. The third-order valence-corrected chi connectivity index (χ3v) is 3.13. The van der Waals surface area contributed by atoms with Gasteiger partial charge in [-0.2, -0.15) is 0 Å². The highest BCUT2D eigenvalue weighted by Gasteiger charge is 2.09. The van der Waals surface area contributed by atoms with Crippen molar-refractivity contribution >= 4 is 12.2 Å². The van der Waals surface area contributed by atoms with Gasteiger partial charge in [-0.3, -0.25) is 14.6 Å². The summed E-state index contributed by atoms with van der Waals surface area (Å²) < 4.78 is 0. The van der Waals surface area contributed by atoms with E-state index in [4.69, 9.17) is 5.73 Å². The molecule has 0 atom stereocenters. The number of primary amides is 1. The second-order valence-corrected chi connectivity index (χ2v) is 4.71. The number of rotatable bonds is 4. The molecule has 0 aromatic carbocycles. The molecule has 0 spiro atoms. The first-order valence-electron chi connectivity index (χ1n) is 7.38. The van der Waals surface area contributed by atoms with Crippen molar-refractivity contribution in [1.82, 2.24) is 20.4 Å². The molecule has 8 nitrogen and oxygen atoms in total. The minimum atomic E-state index is -0.288. The van der Waals surface area contributed by atoms with Crippen LogP contribution in [0.2, 0.25) is 0 Å². The van der Waals surface area contributed by atoms with E-state index < -0.39 is 0 Å². The van der Waals surface area contributed by atoms with Gasteiger partial charge < -0.3 is 26.9 Å². The van der Waals surface area contributed by atoms with Crippen LogP contribution in [0.25, 0.3) is 0 Å². The molecule has 21 heavy (non-hydrogen) atoms. The predicted molar refractivity (Wildman–Crippen MR) is 84.0 cm³/mol. The molecule has 1 amide bonds. The molecular formula is C13H30N6O2. The van der Waals surface area contributed by atoms with E-state index in [-0.39, 0.29) is 5.91 Å². The number of aldehydes is 1. The number of hydrogen-bond donors (Lipinski definition) is 4. The SMILES string of the molecule is CN.NC(=O)CN1CCNCCN(CC=O)CCNCC1. The predicted octanol–water partition coefficient (Wildman–Crippen LogP) is -2.96. The molecule has 0 aromatic heterocycles. The Bertz CT molecular complexity index is 263. The Morgan fingerprint density at radius 1 is 1.00 bits per heavy atom. The monoisotopic (exact) mass is 302 g/mol. The zero-order chi connectivity index (χ0) is 15.9. The van der Waals surface area contributed by atoms with Crippen LogP contribution in [0.5, 0.6) is 0 Å². The molecule has 6 N–H and O–H groups in total. The van der Waals surface area contributed by atoms with E-state index in [9.17, 15) is 9.59 Å². The first kappa shape index (κ1) is 19.9. The third kappa shape index (κ3) is 11.3. The molecule has 0 bridgehead atoms. The highest BCUT2D eigenvalue weighted by atomic mass is 16.1. The number of amides is 1. The quantitative estimate of drug-likeness (QED) is 0.410. The van der Waals surface area contributed by atoms with Gasteiger partial charge >= 0.3 is 0 Å². The van der Waals surface area contributed by atoms with Crippen LogP contribution in [0.3, 0.4) is 0 Å². The minimum absolute atomic E-state index is 0.288. The third-order valence-electron chi connectivity index (χ3n) is 3.13. The molecule has 0 saturated carbocycles. The van der Waals surface area contributed by atoms with Gasteiger partial charge in [0.2, 0.25) is 5.91 Å². The lowest BCUT2D eigenvalue weighted by atomic mass is 10.3. The Balaban J connectivity index is 0.00000191. The van der Waals surface area contributed by atoms with E-state index in [1.54, 1.807) is 0 Å². The summed E-state index contributed by atoms with van der Waals surface area (Å²) in [5.41, 5.74) is 9.73. The first-order valence-corrected chi connectivity index (χ1v) is 7.38. The van der Waals surface area contributed by atoms with Crippen molar-refractivity contribution in [2.75, 3.05) is 72.5 Å². The number of carbonyl (C=O) groups is 2. The van der Waals surface area contributed by atoms with E-state index in [2.05, 4.69) is 21.3 Å². The number of nitrogens with zero attached hydrogens (tertiary/aromatic N) is 2. The zero-order valence-electron chi connectivity index (χ0n) is 13.0. The molecule has 1 rings (SSSR count). The number of nitrogens with two attached hydrogens (primary N) is 2. The van der Waals surface area contributed by atoms with Crippen molar-refractivity contribution in [1.29, 1.82) is 0 Å². The lowest BCUT2D eigenvalue weighted by Crippen LogP contribution is -2.45. The molecular weight excluding hydrogens is 272 g/mol. The van der Waals surface area contributed by atoms with Crippen molar-refractivity contribution in [3.8, 4) is 0 Å². The van der Waals surface area contributed by atoms with Crippen LogP contribution in [-0.2, 0) is 9.59 Å². The normalized spacial score (nSPS) is 19.5. The summed E-state index contributed by atoms with van der Waals surface area (Å²) in [4.78, 5) is 25.7. The largest absolute Gasteiger partial charge is 0.369 e. The number of carbonyl (C=O) groups excluding carboxylic acids is 2. The average Bonchev–Trinajstić information content (AvgIpc) is 2.45. The lowest BCUT2D eigenvalue weighted by Gasteiger charge is -2.25. The van der Waals surface area contributed by atoms with Crippen LogP contribution in [0.1, 0.15) is 0 Å². The summed E-state index contributed by atoms with van der Waals surface area (Å²) in [6, 6.07) is 0. The molecule has 0 aliphatic carbocycles. The molecule has 0 unspecified atom stereocenters. The van der Waals surface area contributed by atoms with Gasteiger partial charge in [0.05, 0.1) is 13.1 Å². The van der Waals surface area contributed by atoms with Crippen LogP contribution < -0.4 is 22.1 Å². The van der Waals surface area contributed by atoms with Gasteiger partial charge in [0.25, 0.3) is 0 Å². The molecule has 0 aromatic rings. The molecule has 1 fully saturated rings. The molecule has 1 aliphatic heterocycles. The van der Waals surface area contributed by atoms with Crippen LogP contribution in [-0.4, -0.2) is 94.5 Å². The molecule has 1 saturated heterocycles. The van der Waals surface area contributed by atoms with Crippen molar-refractivity contribution in [3.05, 3.63) is 0 Å². The molecule has 0 radical (unpaired) electrons. The lowest BCUT2D eigenvalue weighted by molar-refractivity contribution is -0.119. The fourth-order valence-electron chi connectivity index (χ4n) is 2.09. The molecule has 8 heteroatoms. The van der Waals surface area contributed by atoms with Gasteiger partial charge in [0.1, 0.15) is 6.29 Å². The van der Waals surface area contributed by atoms with Crippen molar-refractivity contribution < 1.29 is 9.59 Å². The van der Waals surface area contributed by atoms with E-state index in [0.29, 0.717) is 13.1 Å². The topological polar surface area (TPSA) is 117 Å². The summed E-state index contributed by atoms with van der Waals surface area (Å²) in [6.07, 6.45) is 0.945. The van der Waals surface area contributed by atoms with Crippen molar-refractivity contribution in [2.45, 2.75) is 0 Å². The minimum Gasteiger partial charge on any atom is -0.369 e. The number of hydrogen-bond acceptors (Lipinski definition) is 7. The Hall–Kier alpha value is -1.06. The maximum atomic E-state index is 11.0. The van der Waals surface area contributed by atoms with Gasteiger partial charge in [0, 0.05) is 52.4 Å². The second-order valence-electron chi connectivity index (χ2n) is 4.71. The summed E-state index contributed by atoms with van der Waals surface area (Å²) >= 11 is 0. The zero-order valence-corrected chi connectivity index (χ0v) is 13.0. The van der Waals surface area contributed by atoms with E-state index in [1.165, 1.54) is 7.05 Å². The first-order chi connectivity index (χ1) is 10.2. The van der Waals surface area contributed by atoms with Gasteiger partial charge in [-0.1, -0.05) is 0 Å². The van der Waals surface area contributed by atoms with E-state index in [0.717, 1.165) is 58.6 Å². The van der Waals surface area contributed by atoms with Crippen LogP contribution in [0, 0.1) is 0 Å². The van der Waals surface area contributed by atoms with E-state index in [1.807, 2.05) is 4.90 Å².